The molecule has 1 aliphatic rings. The van der Waals surface area contributed by atoms with E-state index in [9.17, 15) is 9.59 Å². The first-order valence-corrected chi connectivity index (χ1v) is 13.4. The minimum Gasteiger partial charge on any atom is -0.419 e. The van der Waals surface area contributed by atoms with Crippen molar-refractivity contribution in [1.82, 2.24) is 0 Å². The number of ether oxygens (including phenoxy) is 2. The summed E-state index contributed by atoms with van der Waals surface area (Å²) in [6, 6.07) is 30.0. The molecule has 0 aromatic heterocycles. The minimum absolute atomic E-state index is 0.321. The van der Waals surface area contributed by atoms with Crippen LogP contribution in [0, 0.1) is 0 Å². The van der Waals surface area contributed by atoms with E-state index in [1.807, 2.05) is 54.6 Å². The van der Waals surface area contributed by atoms with Gasteiger partial charge in [0, 0.05) is 5.56 Å². The maximum Gasteiger partial charge on any atom is 0.343 e. The Bertz CT molecular complexity index is 1390. The van der Waals surface area contributed by atoms with Gasteiger partial charge in [-0.15, -0.1) is 0 Å². The molecule has 4 heteroatoms. The summed E-state index contributed by atoms with van der Waals surface area (Å²) in [7, 11) is 0. The van der Waals surface area contributed by atoms with Crippen molar-refractivity contribution in [2.24, 2.45) is 0 Å². The summed E-state index contributed by atoms with van der Waals surface area (Å²) >= 11 is 0. The summed E-state index contributed by atoms with van der Waals surface area (Å²) in [5, 5.41) is 0. The van der Waals surface area contributed by atoms with Gasteiger partial charge in [-0.05, 0) is 66.1 Å². The van der Waals surface area contributed by atoms with Crippen LogP contribution in [0.4, 0.5) is 0 Å². The molecule has 38 heavy (non-hydrogen) atoms. The molecule has 0 saturated heterocycles. The molecule has 4 aromatic rings. The van der Waals surface area contributed by atoms with Gasteiger partial charge in [0.05, 0.1) is 11.1 Å². The molecule has 0 spiro atoms. The number of esters is 2. The zero-order valence-corrected chi connectivity index (χ0v) is 21.7. The van der Waals surface area contributed by atoms with Gasteiger partial charge in [-0.2, -0.15) is 0 Å². The van der Waals surface area contributed by atoms with Gasteiger partial charge in [0.15, 0.2) is 11.5 Å². The third kappa shape index (κ3) is 5.55. The smallest absolute Gasteiger partial charge is 0.343 e. The molecule has 0 amide bonds. The minimum atomic E-state index is -0.481. The van der Waals surface area contributed by atoms with Gasteiger partial charge in [0.1, 0.15) is 0 Å². The predicted molar refractivity (Wildman–Crippen MR) is 150 cm³/mol. The molecule has 5 rings (SSSR count). The average molecular weight is 505 g/mol. The third-order valence-electron chi connectivity index (χ3n) is 7.13. The van der Waals surface area contributed by atoms with Crippen LogP contribution in [0.3, 0.4) is 0 Å². The average Bonchev–Trinajstić information content (AvgIpc) is 3.51. The number of rotatable bonds is 8. The zero-order chi connectivity index (χ0) is 26.3. The Balaban J connectivity index is 1.73. The molecule has 192 valence electrons. The molecule has 0 aliphatic heterocycles. The Hall–Kier alpha value is -4.18. The maximum absolute atomic E-state index is 13.4. The lowest BCUT2D eigenvalue weighted by atomic mass is 9.86. The van der Waals surface area contributed by atoms with Crippen LogP contribution in [-0.2, 0) is 6.42 Å². The highest BCUT2D eigenvalue weighted by molar-refractivity contribution is 5.95. The standard InChI is InChI=1S/C34H32O4/c1-2-14-28-23-29(24-15-12-13-16-24)30(25-17-6-3-7-18-25)32(38-34(36)27-21-10-5-11-22-27)31(28)37-33(35)26-19-8-4-9-20-26/h3-11,17-24H,2,12-16H2,1H3. The van der Waals surface area contributed by atoms with E-state index in [0.29, 0.717) is 35.0 Å². The highest BCUT2D eigenvalue weighted by atomic mass is 16.6. The fourth-order valence-electron chi connectivity index (χ4n) is 5.29. The molecule has 4 nitrogen and oxygen atoms in total. The largest absolute Gasteiger partial charge is 0.419 e. The molecule has 0 unspecified atom stereocenters. The highest BCUT2D eigenvalue weighted by Gasteiger charge is 2.30. The lowest BCUT2D eigenvalue weighted by Gasteiger charge is -2.24. The van der Waals surface area contributed by atoms with Gasteiger partial charge in [-0.3, -0.25) is 0 Å². The molecular weight excluding hydrogens is 472 g/mol. The maximum atomic E-state index is 13.4. The van der Waals surface area contributed by atoms with Crippen molar-refractivity contribution in [2.75, 3.05) is 0 Å². The first-order chi connectivity index (χ1) is 18.7. The summed E-state index contributed by atoms with van der Waals surface area (Å²) in [4.78, 5) is 26.7. The second-order valence-electron chi connectivity index (χ2n) is 9.77. The molecule has 4 aromatic carbocycles. The van der Waals surface area contributed by atoms with E-state index >= 15 is 0 Å². The van der Waals surface area contributed by atoms with Gasteiger partial charge >= 0.3 is 11.9 Å². The summed E-state index contributed by atoms with van der Waals surface area (Å²) in [6.45, 7) is 2.10. The van der Waals surface area contributed by atoms with Gasteiger partial charge in [0.25, 0.3) is 0 Å². The molecular formula is C34H32O4. The number of carbonyl (C=O) groups is 2. The van der Waals surface area contributed by atoms with E-state index in [1.54, 1.807) is 36.4 Å². The van der Waals surface area contributed by atoms with Gasteiger partial charge in [-0.25, -0.2) is 9.59 Å². The van der Waals surface area contributed by atoms with Crippen LogP contribution in [0.25, 0.3) is 11.1 Å². The summed E-state index contributed by atoms with van der Waals surface area (Å²) in [6.07, 6.45) is 6.07. The van der Waals surface area contributed by atoms with Crippen molar-refractivity contribution in [3.05, 3.63) is 119 Å². The van der Waals surface area contributed by atoms with E-state index in [-0.39, 0.29) is 0 Å². The van der Waals surface area contributed by atoms with Gasteiger partial charge in [0.2, 0.25) is 0 Å². The van der Waals surface area contributed by atoms with Crippen molar-refractivity contribution in [3.8, 4) is 22.6 Å². The van der Waals surface area contributed by atoms with Crippen LogP contribution in [0.5, 0.6) is 11.5 Å². The SMILES string of the molecule is CCCc1cc(C2CCCC2)c(-c2ccccc2)c(OC(=O)c2ccccc2)c1OC(=O)c1ccccc1. The first kappa shape index (κ1) is 25.5. The molecule has 1 fully saturated rings. The van der Waals surface area contributed by atoms with E-state index < -0.39 is 11.9 Å². The van der Waals surface area contributed by atoms with Crippen LogP contribution >= 0.6 is 0 Å². The molecule has 0 N–H and O–H groups in total. The Morgan fingerprint density at radius 2 is 1.21 bits per heavy atom. The van der Waals surface area contributed by atoms with E-state index in [2.05, 4.69) is 13.0 Å². The molecule has 0 heterocycles. The second-order valence-corrected chi connectivity index (χ2v) is 9.77. The molecule has 0 atom stereocenters. The molecule has 1 aliphatic carbocycles. The number of benzene rings is 4. The molecule has 1 saturated carbocycles. The third-order valence-corrected chi connectivity index (χ3v) is 7.13. The van der Waals surface area contributed by atoms with Crippen molar-refractivity contribution in [2.45, 2.75) is 51.4 Å². The van der Waals surface area contributed by atoms with Crippen LogP contribution in [0.2, 0.25) is 0 Å². The Morgan fingerprint density at radius 1 is 0.711 bits per heavy atom. The summed E-state index contributed by atoms with van der Waals surface area (Å²) in [5.74, 6) is 0.0417. The van der Waals surface area contributed by atoms with E-state index in [1.165, 1.54) is 12.8 Å². The summed E-state index contributed by atoms with van der Waals surface area (Å²) in [5.41, 5.74) is 4.69. The zero-order valence-electron chi connectivity index (χ0n) is 21.7. The molecule has 0 bridgehead atoms. The van der Waals surface area contributed by atoms with Crippen LogP contribution in [0.15, 0.2) is 97.1 Å². The highest BCUT2D eigenvalue weighted by Crippen LogP contribution is 2.49. The van der Waals surface area contributed by atoms with Crippen molar-refractivity contribution in [1.29, 1.82) is 0 Å². The molecule has 0 radical (unpaired) electrons. The normalized spacial score (nSPS) is 13.3. The van der Waals surface area contributed by atoms with Crippen LogP contribution < -0.4 is 9.47 Å². The number of aryl methyl sites for hydroxylation is 1. The second kappa shape index (κ2) is 11.9. The lowest BCUT2D eigenvalue weighted by Crippen LogP contribution is -2.16. The Kier molecular flexibility index (Phi) is 7.98. The monoisotopic (exact) mass is 504 g/mol. The quantitative estimate of drug-likeness (QED) is 0.179. The van der Waals surface area contributed by atoms with Crippen LogP contribution in [-0.4, -0.2) is 11.9 Å². The summed E-state index contributed by atoms with van der Waals surface area (Å²) < 4.78 is 12.3. The first-order valence-electron chi connectivity index (χ1n) is 13.4. The predicted octanol–water partition coefficient (Wildman–Crippen LogP) is 8.40. The van der Waals surface area contributed by atoms with Crippen molar-refractivity contribution >= 4 is 11.9 Å². The fourth-order valence-corrected chi connectivity index (χ4v) is 5.29. The van der Waals surface area contributed by atoms with Gasteiger partial charge < -0.3 is 9.47 Å². The van der Waals surface area contributed by atoms with Crippen LogP contribution in [0.1, 0.15) is 76.8 Å². The van der Waals surface area contributed by atoms with Crippen molar-refractivity contribution in [3.63, 3.8) is 0 Å². The lowest BCUT2D eigenvalue weighted by molar-refractivity contribution is 0.0681. The fraction of sp³-hybridized carbons (Fsp3) is 0.235. The topological polar surface area (TPSA) is 52.6 Å². The Labute approximate surface area is 224 Å². The van der Waals surface area contributed by atoms with E-state index in [4.69, 9.17) is 9.47 Å². The Morgan fingerprint density at radius 3 is 1.74 bits per heavy atom. The number of hydrogen-bond donors (Lipinski definition) is 0. The van der Waals surface area contributed by atoms with Crippen molar-refractivity contribution < 1.29 is 19.1 Å². The van der Waals surface area contributed by atoms with Gasteiger partial charge in [-0.1, -0.05) is 99.0 Å². The van der Waals surface area contributed by atoms with E-state index in [0.717, 1.165) is 41.5 Å². The number of carbonyl (C=O) groups excluding carboxylic acids is 2. The number of hydrogen-bond acceptors (Lipinski definition) is 4.